The SMILES string of the molecule is C[C@@H]1O[C@@H](O[C@H]2[C@H](O[C@H]3CC[C@@]4(C)C(CC[C@]5(C)C4CC=C4[C@@H]6CC(C)(C)CC[C@]6(C(=O)O[C@@H]6OC[C@H](O)[C@H](O)[C@H]6O[C@@H]6O[C@@H](C)[C@H](O[C@@H]7O[C@H](CO)[C@@H](O)[C@H](O)[C@H]7O)[C@H](O)[C@H]6O)[C@H](O)C[C@]45C)C3(C)C)O[C@H](CO)[C@@H](O[C@@H]3OC[C@@H](O)[C@H](O)[C@H]3O)[C@@H]2O)[C@H](O)[C@H](O)[C@H]1O. The number of carbonyl (C=O) groups excluding carboxylic acids is 1. The van der Waals surface area contributed by atoms with Crippen LogP contribution in [-0.2, 0) is 61.6 Å². The molecule has 17 N–H and O–H groups in total. The summed E-state index contributed by atoms with van der Waals surface area (Å²) in [6, 6.07) is 0. The number of fused-ring (bicyclic) bond motifs is 7. The number of ether oxygens (including phenoxy) is 12. The lowest BCUT2D eigenvalue weighted by molar-refractivity contribution is -0.391. The van der Waals surface area contributed by atoms with E-state index in [2.05, 4.69) is 54.5 Å². The molecule has 540 valence electrons. The molecule has 30 nitrogen and oxygen atoms in total. The Kier molecular flexibility index (Phi) is 21.2. The lowest BCUT2D eigenvalue weighted by Crippen LogP contribution is -2.69. The van der Waals surface area contributed by atoms with E-state index in [1.54, 1.807) is 0 Å². The molecule has 6 saturated heterocycles. The molecular formula is C64H104O30. The van der Waals surface area contributed by atoms with Crippen molar-refractivity contribution in [3.8, 4) is 0 Å². The monoisotopic (exact) mass is 1350 g/mol. The first-order valence-corrected chi connectivity index (χ1v) is 33.5. The van der Waals surface area contributed by atoms with E-state index >= 15 is 4.79 Å². The van der Waals surface area contributed by atoms with Crippen molar-refractivity contribution >= 4 is 5.97 Å². The van der Waals surface area contributed by atoms with Gasteiger partial charge in [-0.25, -0.2) is 0 Å². The van der Waals surface area contributed by atoms with E-state index in [4.69, 9.17) is 56.8 Å². The Hall–Kier alpha value is -1.91. The van der Waals surface area contributed by atoms with Crippen LogP contribution >= 0.6 is 0 Å². The summed E-state index contributed by atoms with van der Waals surface area (Å²) >= 11 is 0. The van der Waals surface area contributed by atoms with Crippen molar-refractivity contribution in [2.24, 2.45) is 50.2 Å². The number of hydrogen-bond acceptors (Lipinski definition) is 30. The Morgan fingerprint density at radius 2 is 1.03 bits per heavy atom. The number of rotatable bonds is 14. The van der Waals surface area contributed by atoms with E-state index < -0.39 is 244 Å². The summed E-state index contributed by atoms with van der Waals surface area (Å²) in [6.45, 7) is 15.7. The summed E-state index contributed by atoms with van der Waals surface area (Å²) in [5.74, 6) is -1.36. The van der Waals surface area contributed by atoms with Crippen molar-refractivity contribution < 1.29 is 148 Å². The summed E-state index contributed by atoms with van der Waals surface area (Å²) in [5.41, 5.74) is -2.96. The Balaban J connectivity index is 0.819. The summed E-state index contributed by atoms with van der Waals surface area (Å²) in [7, 11) is 0. The Morgan fingerprint density at radius 3 is 1.68 bits per heavy atom. The van der Waals surface area contributed by atoms with Crippen LogP contribution in [0.1, 0.15) is 120 Å². The second-order valence-electron chi connectivity index (χ2n) is 31.1. The van der Waals surface area contributed by atoms with Crippen molar-refractivity contribution in [2.75, 3.05) is 26.4 Å². The molecule has 37 atom stereocenters. The van der Waals surface area contributed by atoms with Crippen LogP contribution < -0.4 is 0 Å². The van der Waals surface area contributed by atoms with Crippen LogP contribution in [0.15, 0.2) is 11.6 Å². The molecule has 6 aliphatic heterocycles. The van der Waals surface area contributed by atoms with Gasteiger partial charge in [0.1, 0.15) is 121 Å². The molecule has 0 spiro atoms. The second-order valence-corrected chi connectivity index (χ2v) is 31.1. The molecule has 11 aliphatic rings. The van der Waals surface area contributed by atoms with Crippen LogP contribution in [0.3, 0.4) is 0 Å². The quantitative estimate of drug-likeness (QED) is 0.0447. The first-order valence-electron chi connectivity index (χ1n) is 33.5. The number of carbonyl (C=O) groups is 1. The smallest absolute Gasteiger partial charge is 0.317 e. The number of aliphatic hydroxyl groups excluding tert-OH is 17. The van der Waals surface area contributed by atoms with Crippen LogP contribution in [-0.4, -0.2) is 303 Å². The van der Waals surface area contributed by atoms with E-state index in [9.17, 15) is 86.8 Å². The van der Waals surface area contributed by atoms with Crippen LogP contribution in [0.5, 0.6) is 0 Å². The number of aliphatic hydroxyl groups is 17. The third kappa shape index (κ3) is 12.3. The van der Waals surface area contributed by atoms with Crippen LogP contribution in [0.4, 0.5) is 0 Å². The molecule has 4 saturated carbocycles. The van der Waals surface area contributed by atoms with Gasteiger partial charge in [-0.15, -0.1) is 0 Å². The molecular weight excluding hydrogens is 1250 g/mol. The summed E-state index contributed by atoms with van der Waals surface area (Å²) < 4.78 is 72.5. The molecule has 11 rings (SSSR count). The van der Waals surface area contributed by atoms with E-state index in [-0.39, 0.29) is 35.5 Å². The molecule has 5 aliphatic carbocycles. The Labute approximate surface area is 545 Å². The minimum absolute atomic E-state index is 0.0192. The molecule has 10 fully saturated rings. The highest BCUT2D eigenvalue weighted by molar-refractivity contribution is 5.80. The average Bonchev–Trinajstić information content (AvgIpc) is 0.672. The molecule has 0 aromatic heterocycles. The molecule has 30 heteroatoms. The van der Waals surface area contributed by atoms with Crippen molar-refractivity contribution in [2.45, 2.75) is 304 Å². The van der Waals surface area contributed by atoms with Crippen molar-refractivity contribution in [3.05, 3.63) is 11.6 Å². The highest BCUT2D eigenvalue weighted by Gasteiger charge is 2.72. The third-order valence-electron chi connectivity index (χ3n) is 24.8. The van der Waals surface area contributed by atoms with E-state index in [0.717, 1.165) is 5.57 Å². The standard InChI is InChI=1S/C64H104O30/c1-24-36(70)40(74)44(78)53(85-24)93-51-47(81)49(91-52-43(77)37(71)28(67)22-83-52)31(21-66)88-57(51)89-35-13-14-61(7)32(60(35,5)6)12-15-62(8)33(61)11-10-26-27-18-59(3,4)16-17-64(27,34(69)19-63(26,62)9)58(82)94-56-50(38(72)29(68)23-84-56)92-54-46(80)42(76)48(25(2)86-54)90-55-45(79)41(75)39(73)30(20-65)87-55/h10,24-25,27-57,65-81H,11-23H2,1-9H3/t24-,25-,27-,28+,29-,30+,31+,32?,33?,34+,35-,36-,37-,38-,39+,40+,41-,42+,43+,44+,45+,46+,47-,48-,49+,50+,51+,52-,53-,54-,55-,56-,57-,61-,62+,63+,64+/m0/s1. The van der Waals surface area contributed by atoms with Gasteiger partial charge < -0.3 is 144 Å². The first-order chi connectivity index (χ1) is 44.0. The van der Waals surface area contributed by atoms with Crippen LogP contribution in [0, 0.1) is 50.2 Å². The number of allylic oxidation sites excluding steroid dienone is 2. The number of esters is 1. The largest absolute Gasteiger partial charge is 0.432 e. The van der Waals surface area contributed by atoms with Crippen LogP contribution in [0.2, 0.25) is 0 Å². The molecule has 0 amide bonds. The Bertz CT molecular complexity index is 2660. The summed E-state index contributed by atoms with van der Waals surface area (Å²) in [6.07, 6.45) is -40.6. The highest BCUT2D eigenvalue weighted by atomic mass is 16.8. The van der Waals surface area contributed by atoms with Gasteiger partial charge in [0.25, 0.3) is 0 Å². The van der Waals surface area contributed by atoms with Crippen molar-refractivity contribution in [1.82, 2.24) is 0 Å². The molecule has 0 aromatic rings. The summed E-state index contributed by atoms with van der Waals surface area (Å²) in [4.78, 5) is 15.5. The molecule has 0 radical (unpaired) electrons. The molecule has 0 aromatic carbocycles. The van der Waals surface area contributed by atoms with E-state index in [1.807, 2.05) is 0 Å². The zero-order chi connectivity index (χ0) is 68.6. The van der Waals surface area contributed by atoms with Gasteiger partial charge in [0.2, 0.25) is 6.29 Å². The molecule has 2 unspecified atom stereocenters. The maximum absolute atomic E-state index is 15.5. The zero-order valence-corrected chi connectivity index (χ0v) is 54.7. The lowest BCUT2D eigenvalue weighted by atomic mass is 9.33. The van der Waals surface area contributed by atoms with Gasteiger partial charge in [0.15, 0.2) is 37.6 Å². The normalized spacial score (nSPS) is 55.0. The lowest BCUT2D eigenvalue weighted by Gasteiger charge is -2.72. The first kappa shape index (κ1) is 73.3. The molecule has 0 bridgehead atoms. The molecule has 6 heterocycles. The Morgan fingerprint density at radius 1 is 0.489 bits per heavy atom. The van der Waals surface area contributed by atoms with Gasteiger partial charge in [0, 0.05) is 0 Å². The van der Waals surface area contributed by atoms with Gasteiger partial charge >= 0.3 is 5.97 Å². The highest BCUT2D eigenvalue weighted by Crippen LogP contribution is 2.76. The fourth-order valence-corrected chi connectivity index (χ4v) is 18.9. The van der Waals surface area contributed by atoms with Crippen molar-refractivity contribution in [1.29, 1.82) is 0 Å². The maximum Gasteiger partial charge on any atom is 0.317 e. The van der Waals surface area contributed by atoms with Crippen LogP contribution in [0.25, 0.3) is 0 Å². The van der Waals surface area contributed by atoms with Gasteiger partial charge in [-0.2, -0.15) is 0 Å². The van der Waals surface area contributed by atoms with Gasteiger partial charge in [-0.3, -0.25) is 4.79 Å². The fraction of sp³-hybridized carbons (Fsp3) is 0.953. The minimum atomic E-state index is -1.96. The van der Waals surface area contributed by atoms with Gasteiger partial charge in [-0.1, -0.05) is 60.1 Å². The van der Waals surface area contributed by atoms with Gasteiger partial charge in [0.05, 0.1) is 50.8 Å². The van der Waals surface area contributed by atoms with E-state index in [1.165, 1.54) is 13.8 Å². The minimum Gasteiger partial charge on any atom is -0.432 e. The third-order valence-corrected chi connectivity index (χ3v) is 24.8. The van der Waals surface area contributed by atoms with E-state index in [0.29, 0.717) is 44.9 Å². The fourth-order valence-electron chi connectivity index (χ4n) is 18.9. The van der Waals surface area contributed by atoms with Gasteiger partial charge in [-0.05, 0) is 116 Å². The maximum atomic E-state index is 15.5. The topological polar surface area (TPSA) is 472 Å². The second kappa shape index (κ2) is 27.1. The molecule has 94 heavy (non-hydrogen) atoms. The predicted octanol–water partition coefficient (Wildman–Crippen LogP) is -4.08. The number of hydrogen-bond donors (Lipinski definition) is 17. The van der Waals surface area contributed by atoms with Crippen molar-refractivity contribution in [3.63, 3.8) is 0 Å². The summed E-state index contributed by atoms with van der Waals surface area (Å²) in [5, 5.41) is 186. The average molecular weight is 1350 g/mol. The predicted molar refractivity (Wildman–Crippen MR) is 315 cm³/mol. The zero-order valence-electron chi connectivity index (χ0n) is 54.7.